The molecule has 0 amide bonds. The molecule has 0 aliphatic rings. The van der Waals surface area contributed by atoms with Crippen LogP contribution in [0.2, 0.25) is 0 Å². The van der Waals surface area contributed by atoms with Gasteiger partial charge in [-0.2, -0.15) is 0 Å². The number of hydrogen-bond acceptors (Lipinski definition) is 3. The number of aryl methyl sites for hydroxylation is 2. The van der Waals surface area contributed by atoms with Gasteiger partial charge in [0.25, 0.3) is 0 Å². The van der Waals surface area contributed by atoms with Crippen molar-refractivity contribution in [2.75, 3.05) is 5.32 Å². The SMILES string of the molecule is Cc1nc(NCc2ccccc2C)c2[nH]c(-c3ccccc3)cc2n1. The fourth-order valence-corrected chi connectivity index (χ4v) is 3.02. The molecular weight excluding hydrogens is 308 g/mol. The standard InChI is InChI=1S/C21H20N4/c1-14-8-6-7-11-17(14)13-22-21-20-19(23-15(2)24-21)12-18(25-20)16-9-4-3-5-10-16/h3-12,25H,13H2,1-2H3,(H,22,23,24). The van der Waals surface area contributed by atoms with Crippen molar-refractivity contribution in [3.8, 4) is 11.3 Å². The van der Waals surface area contributed by atoms with Crippen LogP contribution in [0.1, 0.15) is 17.0 Å². The second kappa shape index (κ2) is 6.40. The first-order valence-corrected chi connectivity index (χ1v) is 8.42. The Kier molecular flexibility index (Phi) is 3.94. The molecule has 0 fully saturated rings. The number of aromatic nitrogens is 3. The molecule has 124 valence electrons. The van der Waals surface area contributed by atoms with E-state index in [1.54, 1.807) is 0 Å². The normalized spacial score (nSPS) is 11.0. The summed E-state index contributed by atoms with van der Waals surface area (Å²) in [5, 5.41) is 3.47. The molecule has 4 heteroatoms. The van der Waals surface area contributed by atoms with Crippen LogP contribution in [0.15, 0.2) is 60.7 Å². The molecule has 0 aliphatic carbocycles. The van der Waals surface area contributed by atoms with Crippen LogP contribution in [-0.2, 0) is 6.54 Å². The summed E-state index contributed by atoms with van der Waals surface area (Å²) in [5.74, 6) is 1.60. The van der Waals surface area contributed by atoms with Gasteiger partial charge in [-0.15, -0.1) is 0 Å². The Labute approximate surface area is 147 Å². The highest BCUT2D eigenvalue weighted by molar-refractivity contribution is 5.90. The van der Waals surface area contributed by atoms with Crippen molar-refractivity contribution < 1.29 is 0 Å². The van der Waals surface area contributed by atoms with E-state index in [-0.39, 0.29) is 0 Å². The second-order valence-electron chi connectivity index (χ2n) is 6.21. The van der Waals surface area contributed by atoms with Gasteiger partial charge in [0, 0.05) is 12.2 Å². The lowest BCUT2D eigenvalue weighted by Gasteiger charge is -2.09. The predicted molar refractivity (Wildman–Crippen MR) is 103 cm³/mol. The summed E-state index contributed by atoms with van der Waals surface area (Å²) in [5.41, 5.74) is 6.60. The molecule has 0 radical (unpaired) electrons. The molecule has 0 saturated heterocycles. The van der Waals surface area contributed by atoms with Gasteiger partial charge in [-0.3, -0.25) is 0 Å². The molecule has 2 N–H and O–H groups in total. The van der Waals surface area contributed by atoms with Gasteiger partial charge in [0.1, 0.15) is 11.3 Å². The number of H-pyrrole nitrogens is 1. The Morgan fingerprint density at radius 2 is 1.68 bits per heavy atom. The zero-order valence-corrected chi connectivity index (χ0v) is 14.4. The summed E-state index contributed by atoms with van der Waals surface area (Å²) < 4.78 is 0. The fourth-order valence-electron chi connectivity index (χ4n) is 3.02. The molecule has 2 aromatic carbocycles. The van der Waals surface area contributed by atoms with E-state index in [1.165, 1.54) is 11.1 Å². The summed E-state index contributed by atoms with van der Waals surface area (Å²) in [6.45, 7) is 4.78. The number of nitrogens with one attached hydrogen (secondary N) is 2. The van der Waals surface area contributed by atoms with Gasteiger partial charge < -0.3 is 10.3 Å². The van der Waals surface area contributed by atoms with Crippen molar-refractivity contribution in [2.24, 2.45) is 0 Å². The summed E-state index contributed by atoms with van der Waals surface area (Å²) >= 11 is 0. The maximum atomic E-state index is 4.60. The molecule has 0 atom stereocenters. The van der Waals surface area contributed by atoms with Crippen LogP contribution in [0.3, 0.4) is 0 Å². The maximum Gasteiger partial charge on any atom is 0.154 e. The van der Waals surface area contributed by atoms with Gasteiger partial charge in [-0.25, -0.2) is 9.97 Å². The quantitative estimate of drug-likeness (QED) is 0.563. The Morgan fingerprint density at radius 3 is 2.48 bits per heavy atom. The number of anilines is 1. The van der Waals surface area contributed by atoms with Gasteiger partial charge in [-0.05, 0) is 36.6 Å². The first-order valence-electron chi connectivity index (χ1n) is 8.42. The zero-order chi connectivity index (χ0) is 17.2. The third-order valence-corrected chi connectivity index (χ3v) is 4.38. The minimum absolute atomic E-state index is 0.734. The van der Waals surface area contributed by atoms with E-state index >= 15 is 0 Å². The van der Waals surface area contributed by atoms with Crippen molar-refractivity contribution in [3.05, 3.63) is 77.6 Å². The lowest BCUT2D eigenvalue weighted by atomic mass is 10.1. The molecule has 4 rings (SSSR count). The van der Waals surface area contributed by atoms with Crippen molar-refractivity contribution in [1.29, 1.82) is 0 Å². The molecule has 0 unspecified atom stereocenters. The average Bonchev–Trinajstić information content (AvgIpc) is 3.05. The molecule has 0 bridgehead atoms. The molecule has 2 heterocycles. The van der Waals surface area contributed by atoms with Gasteiger partial charge >= 0.3 is 0 Å². The van der Waals surface area contributed by atoms with Crippen LogP contribution >= 0.6 is 0 Å². The number of benzene rings is 2. The van der Waals surface area contributed by atoms with Crippen molar-refractivity contribution in [2.45, 2.75) is 20.4 Å². The number of nitrogens with zero attached hydrogens (tertiary/aromatic N) is 2. The molecule has 0 spiro atoms. The predicted octanol–water partition coefficient (Wildman–Crippen LogP) is 4.85. The highest BCUT2D eigenvalue weighted by atomic mass is 15.1. The van der Waals surface area contributed by atoms with Crippen molar-refractivity contribution in [3.63, 3.8) is 0 Å². The zero-order valence-electron chi connectivity index (χ0n) is 14.4. The van der Waals surface area contributed by atoms with Crippen molar-refractivity contribution in [1.82, 2.24) is 15.0 Å². The Hall–Kier alpha value is -3.14. The number of fused-ring (bicyclic) bond motifs is 1. The van der Waals surface area contributed by atoms with E-state index < -0.39 is 0 Å². The molecule has 4 nitrogen and oxygen atoms in total. The molecular formula is C21H20N4. The lowest BCUT2D eigenvalue weighted by molar-refractivity contribution is 1.04. The van der Waals surface area contributed by atoms with Gasteiger partial charge in [0.2, 0.25) is 0 Å². The van der Waals surface area contributed by atoms with Crippen LogP contribution in [-0.4, -0.2) is 15.0 Å². The van der Waals surface area contributed by atoms with Crippen LogP contribution in [0.4, 0.5) is 5.82 Å². The summed E-state index contributed by atoms with van der Waals surface area (Å²) in [6, 6.07) is 20.7. The smallest absolute Gasteiger partial charge is 0.154 e. The second-order valence-corrected chi connectivity index (χ2v) is 6.21. The van der Waals surface area contributed by atoms with Gasteiger partial charge in [0.05, 0.1) is 5.52 Å². The van der Waals surface area contributed by atoms with E-state index in [4.69, 9.17) is 0 Å². The highest BCUT2D eigenvalue weighted by Crippen LogP contribution is 2.27. The molecule has 2 aromatic heterocycles. The summed E-state index contributed by atoms with van der Waals surface area (Å²) in [6.07, 6.45) is 0. The van der Waals surface area contributed by atoms with E-state index in [2.05, 4.69) is 69.7 Å². The van der Waals surface area contributed by atoms with E-state index in [0.29, 0.717) is 0 Å². The topological polar surface area (TPSA) is 53.6 Å². The number of aromatic amines is 1. The van der Waals surface area contributed by atoms with Crippen LogP contribution < -0.4 is 5.32 Å². The fraction of sp³-hybridized carbons (Fsp3) is 0.143. The van der Waals surface area contributed by atoms with Crippen LogP contribution in [0, 0.1) is 13.8 Å². The first-order chi connectivity index (χ1) is 12.2. The largest absolute Gasteiger partial charge is 0.364 e. The maximum absolute atomic E-state index is 4.60. The number of rotatable bonds is 4. The number of hydrogen-bond donors (Lipinski definition) is 2. The molecule has 25 heavy (non-hydrogen) atoms. The third-order valence-electron chi connectivity index (χ3n) is 4.38. The molecule has 0 aliphatic heterocycles. The van der Waals surface area contributed by atoms with Gasteiger partial charge in [0.15, 0.2) is 5.82 Å². The third kappa shape index (κ3) is 3.11. The van der Waals surface area contributed by atoms with E-state index in [1.807, 2.05) is 25.1 Å². The average molecular weight is 328 g/mol. The summed E-state index contributed by atoms with van der Waals surface area (Å²) in [4.78, 5) is 12.6. The molecule has 4 aromatic rings. The molecule has 0 saturated carbocycles. The van der Waals surface area contributed by atoms with E-state index in [0.717, 1.165) is 40.5 Å². The Bertz CT molecular complexity index is 1020. The van der Waals surface area contributed by atoms with E-state index in [9.17, 15) is 0 Å². The Balaban J connectivity index is 1.71. The van der Waals surface area contributed by atoms with Crippen LogP contribution in [0.25, 0.3) is 22.3 Å². The van der Waals surface area contributed by atoms with Crippen molar-refractivity contribution >= 4 is 16.9 Å². The van der Waals surface area contributed by atoms with Crippen LogP contribution in [0.5, 0.6) is 0 Å². The minimum atomic E-state index is 0.734. The highest BCUT2D eigenvalue weighted by Gasteiger charge is 2.11. The minimum Gasteiger partial charge on any atom is -0.364 e. The van der Waals surface area contributed by atoms with Gasteiger partial charge in [-0.1, -0.05) is 54.6 Å². The Morgan fingerprint density at radius 1 is 0.920 bits per heavy atom. The summed E-state index contributed by atoms with van der Waals surface area (Å²) in [7, 11) is 0. The monoisotopic (exact) mass is 328 g/mol. The lowest BCUT2D eigenvalue weighted by Crippen LogP contribution is -2.05. The first kappa shape index (κ1) is 15.4.